The Balaban J connectivity index is 2.77. The first-order chi connectivity index (χ1) is 9.96. The number of halogens is 1. The van der Waals surface area contributed by atoms with Gasteiger partial charge in [-0.15, -0.1) is 0 Å². The molecule has 0 bridgehead atoms. The van der Waals surface area contributed by atoms with Gasteiger partial charge in [0.25, 0.3) is 0 Å². The smallest absolute Gasteiger partial charge is 0.127 e. The van der Waals surface area contributed by atoms with Crippen LogP contribution in [0.5, 0.6) is 11.5 Å². The first-order valence-corrected chi connectivity index (χ1v) is 7.66. The standard InChI is InChI=1S/C17H28FNO2/c1-5-10-20-15-8-7-14(13-19-17(2,3)4)16(12-15)21-11-6-9-18/h7-8,12,19H,5-6,9-11,13H2,1-4H3. The van der Waals surface area contributed by atoms with Crippen LogP contribution in [0.3, 0.4) is 0 Å². The average Bonchev–Trinajstić information content (AvgIpc) is 2.43. The highest BCUT2D eigenvalue weighted by molar-refractivity contribution is 5.40. The van der Waals surface area contributed by atoms with Crippen LogP contribution in [0.2, 0.25) is 0 Å². The van der Waals surface area contributed by atoms with Gasteiger partial charge < -0.3 is 14.8 Å². The molecule has 3 nitrogen and oxygen atoms in total. The van der Waals surface area contributed by atoms with Crippen molar-refractivity contribution in [1.82, 2.24) is 5.32 Å². The minimum Gasteiger partial charge on any atom is -0.493 e. The molecule has 0 aliphatic rings. The summed E-state index contributed by atoms with van der Waals surface area (Å²) in [5.74, 6) is 1.57. The van der Waals surface area contributed by atoms with Crippen LogP contribution in [-0.4, -0.2) is 25.4 Å². The fraction of sp³-hybridized carbons (Fsp3) is 0.647. The highest BCUT2D eigenvalue weighted by Gasteiger charge is 2.12. The van der Waals surface area contributed by atoms with Crippen molar-refractivity contribution < 1.29 is 13.9 Å². The van der Waals surface area contributed by atoms with Crippen LogP contribution in [0.25, 0.3) is 0 Å². The molecule has 0 atom stereocenters. The van der Waals surface area contributed by atoms with Crippen LogP contribution in [0, 0.1) is 0 Å². The number of ether oxygens (including phenoxy) is 2. The van der Waals surface area contributed by atoms with Gasteiger partial charge in [-0.05, 0) is 33.3 Å². The lowest BCUT2D eigenvalue weighted by Crippen LogP contribution is -2.35. The maximum atomic E-state index is 12.2. The van der Waals surface area contributed by atoms with Crippen LogP contribution < -0.4 is 14.8 Å². The monoisotopic (exact) mass is 297 g/mol. The van der Waals surface area contributed by atoms with E-state index in [1.807, 2.05) is 18.2 Å². The van der Waals surface area contributed by atoms with Crippen molar-refractivity contribution in [2.75, 3.05) is 19.9 Å². The van der Waals surface area contributed by atoms with E-state index >= 15 is 0 Å². The lowest BCUT2D eigenvalue weighted by atomic mass is 10.1. The summed E-state index contributed by atoms with van der Waals surface area (Å²) in [7, 11) is 0. The van der Waals surface area contributed by atoms with E-state index in [2.05, 4.69) is 33.0 Å². The van der Waals surface area contributed by atoms with Crippen molar-refractivity contribution in [3.63, 3.8) is 0 Å². The van der Waals surface area contributed by atoms with E-state index in [1.54, 1.807) is 0 Å². The van der Waals surface area contributed by atoms with E-state index in [9.17, 15) is 4.39 Å². The zero-order valence-electron chi connectivity index (χ0n) is 13.7. The van der Waals surface area contributed by atoms with Crippen LogP contribution in [0.15, 0.2) is 18.2 Å². The predicted molar refractivity (Wildman–Crippen MR) is 84.9 cm³/mol. The molecule has 21 heavy (non-hydrogen) atoms. The van der Waals surface area contributed by atoms with Gasteiger partial charge in [-0.25, -0.2) is 0 Å². The van der Waals surface area contributed by atoms with Gasteiger partial charge in [0.05, 0.1) is 19.9 Å². The SMILES string of the molecule is CCCOc1ccc(CNC(C)(C)C)c(OCCCF)c1. The zero-order valence-corrected chi connectivity index (χ0v) is 13.7. The summed E-state index contributed by atoms with van der Waals surface area (Å²) in [6.45, 7) is 9.85. The third-order valence-corrected chi connectivity index (χ3v) is 2.86. The molecule has 120 valence electrons. The number of rotatable bonds is 9. The van der Waals surface area contributed by atoms with E-state index in [-0.39, 0.29) is 12.2 Å². The lowest BCUT2D eigenvalue weighted by Gasteiger charge is -2.22. The van der Waals surface area contributed by atoms with Gasteiger partial charge >= 0.3 is 0 Å². The van der Waals surface area contributed by atoms with E-state index in [4.69, 9.17) is 9.47 Å². The van der Waals surface area contributed by atoms with Gasteiger partial charge in [-0.2, -0.15) is 0 Å². The predicted octanol–water partition coefficient (Wildman–Crippen LogP) is 4.10. The van der Waals surface area contributed by atoms with Crippen LogP contribution >= 0.6 is 0 Å². The molecule has 0 aromatic heterocycles. The van der Waals surface area contributed by atoms with E-state index in [0.29, 0.717) is 26.2 Å². The quantitative estimate of drug-likeness (QED) is 0.696. The molecule has 4 heteroatoms. The maximum Gasteiger partial charge on any atom is 0.127 e. The normalized spacial score (nSPS) is 11.5. The van der Waals surface area contributed by atoms with Crippen molar-refractivity contribution in [2.45, 2.75) is 52.6 Å². The zero-order chi connectivity index (χ0) is 15.7. The van der Waals surface area contributed by atoms with Gasteiger partial charge in [0.1, 0.15) is 11.5 Å². The Labute approximate surface area is 127 Å². The molecule has 1 aromatic carbocycles. The fourth-order valence-electron chi connectivity index (χ4n) is 1.72. The fourth-order valence-corrected chi connectivity index (χ4v) is 1.72. The summed E-state index contributed by atoms with van der Waals surface area (Å²) < 4.78 is 23.6. The average molecular weight is 297 g/mol. The number of hydrogen-bond acceptors (Lipinski definition) is 3. The van der Waals surface area contributed by atoms with Gasteiger partial charge in [0.15, 0.2) is 0 Å². The summed E-state index contributed by atoms with van der Waals surface area (Å²) in [6, 6.07) is 5.86. The Hall–Kier alpha value is -1.29. The van der Waals surface area contributed by atoms with Crippen molar-refractivity contribution in [3.8, 4) is 11.5 Å². The Morgan fingerprint density at radius 3 is 2.52 bits per heavy atom. The molecule has 0 saturated heterocycles. The molecule has 1 rings (SSSR count). The van der Waals surface area contributed by atoms with Gasteiger partial charge in [-0.3, -0.25) is 4.39 Å². The molecule has 1 aromatic rings. The minimum absolute atomic E-state index is 0.0353. The first kappa shape index (κ1) is 17.8. The second-order valence-electron chi connectivity index (χ2n) is 6.11. The highest BCUT2D eigenvalue weighted by Crippen LogP contribution is 2.26. The third-order valence-electron chi connectivity index (χ3n) is 2.86. The summed E-state index contributed by atoms with van der Waals surface area (Å²) in [6.07, 6.45) is 1.37. The lowest BCUT2D eigenvalue weighted by molar-refractivity contribution is 0.280. The first-order valence-electron chi connectivity index (χ1n) is 7.66. The molecule has 0 aliphatic carbocycles. The number of alkyl halides is 1. The number of hydrogen-bond donors (Lipinski definition) is 1. The Morgan fingerprint density at radius 1 is 1.14 bits per heavy atom. The minimum atomic E-state index is -0.360. The molecule has 0 radical (unpaired) electrons. The molecule has 0 amide bonds. The van der Waals surface area contributed by atoms with E-state index in [0.717, 1.165) is 23.5 Å². The number of nitrogens with one attached hydrogen (secondary N) is 1. The Bertz CT molecular complexity index is 416. The van der Waals surface area contributed by atoms with E-state index in [1.165, 1.54) is 0 Å². The summed E-state index contributed by atoms with van der Waals surface area (Å²) in [5.41, 5.74) is 1.10. The second kappa shape index (κ2) is 8.88. The van der Waals surface area contributed by atoms with Crippen LogP contribution in [-0.2, 0) is 6.54 Å². The third kappa shape index (κ3) is 7.32. The molecule has 0 unspecified atom stereocenters. The number of benzene rings is 1. The maximum absolute atomic E-state index is 12.2. The van der Waals surface area contributed by atoms with E-state index < -0.39 is 0 Å². The van der Waals surface area contributed by atoms with Gasteiger partial charge in [0.2, 0.25) is 0 Å². The van der Waals surface area contributed by atoms with Gasteiger partial charge in [-0.1, -0.05) is 13.0 Å². The molecule has 0 spiro atoms. The molecule has 0 fully saturated rings. The van der Waals surface area contributed by atoms with Crippen LogP contribution in [0.1, 0.15) is 46.1 Å². The van der Waals surface area contributed by atoms with Crippen molar-refractivity contribution in [2.24, 2.45) is 0 Å². The van der Waals surface area contributed by atoms with Gasteiger partial charge in [0, 0.05) is 30.1 Å². The topological polar surface area (TPSA) is 30.5 Å². The highest BCUT2D eigenvalue weighted by atomic mass is 19.1. The molecule has 0 saturated carbocycles. The molecule has 1 N–H and O–H groups in total. The molecule has 0 heterocycles. The Kier molecular flexibility index (Phi) is 7.51. The molecule has 0 aliphatic heterocycles. The Morgan fingerprint density at radius 2 is 1.90 bits per heavy atom. The summed E-state index contributed by atoms with van der Waals surface area (Å²) in [5, 5.41) is 3.44. The van der Waals surface area contributed by atoms with Crippen molar-refractivity contribution in [3.05, 3.63) is 23.8 Å². The second-order valence-corrected chi connectivity index (χ2v) is 6.11. The molecular formula is C17H28FNO2. The van der Waals surface area contributed by atoms with Crippen molar-refractivity contribution >= 4 is 0 Å². The largest absolute Gasteiger partial charge is 0.493 e. The van der Waals surface area contributed by atoms with Crippen LogP contribution in [0.4, 0.5) is 4.39 Å². The molecular weight excluding hydrogens is 269 g/mol. The summed E-state index contributed by atoms with van der Waals surface area (Å²) in [4.78, 5) is 0. The van der Waals surface area contributed by atoms with Crippen molar-refractivity contribution in [1.29, 1.82) is 0 Å². The summed E-state index contributed by atoms with van der Waals surface area (Å²) >= 11 is 0.